The molecule has 0 aliphatic rings. The molecule has 17 heavy (non-hydrogen) atoms. The van der Waals surface area contributed by atoms with Crippen molar-refractivity contribution in [3.05, 3.63) is 40.0 Å². The van der Waals surface area contributed by atoms with Crippen molar-refractivity contribution in [2.45, 2.75) is 13.5 Å². The van der Waals surface area contributed by atoms with E-state index in [2.05, 4.69) is 0 Å². The zero-order valence-electron chi connectivity index (χ0n) is 9.77. The van der Waals surface area contributed by atoms with Gasteiger partial charge in [-0.15, -0.1) is 11.3 Å². The Morgan fingerprint density at radius 3 is 2.76 bits per heavy atom. The summed E-state index contributed by atoms with van der Waals surface area (Å²) in [4.78, 5) is 14.2. The fraction of sp³-hybridized carbons (Fsp3) is 0.250. The van der Waals surface area contributed by atoms with Gasteiger partial charge in [-0.25, -0.2) is 0 Å². The Hall–Kier alpha value is -1.75. The number of nitrogens with two attached hydrogens (primary N) is 1. The van der Waals surface area contributed by atoms with Gasteiger partial charge in [0.25, 0.3) is 5.91 Å². The van der Waals surface area contributed by atoms with Crippen LogP contribution in [0, 0.1) is 6.92 Å². The molecular weight excluding hydrogens is 236 g/mol. The quantitative estimate of drug-likeness (QED) is 0.910. The third-order valence-electron chi connectivity index (χ3n) is 2.43. The van der Waals surface area contributed by atoms with Gasteiger partial charge in [-0.1, -0.05) is 0 Å². The first kappa shape index (κ1) is 11.7. The van der Waals surface area contributed by atoms with Crippen LogP contribution in [0.15, 0.2) is 28.0 Å². The molecule has 2 rings (SSSR count). The number of nitrogen functional groups attached to an aromatic ring is 1. The normalized spacial score (nSPS) is 10.5. The Morgan fingerprint density at radius 1 is 1.47 bits per heavy atom. The molecule has 5 heteroatoms. The number of hydrogen-bond donors (Lipinski definition) is 1. The molecule has 0 radical (unpaired) electrons. The maximum absolute atomic E-state index is 12.1. The first-order chi connectivity index (χ1) is 8.08. The van der Waals surface area contributed by atoms with Crippen LogP contribution in [0.25, 0.3) is 0 Å². The minimum Gasteiger partial charge on any atom is -0.464 e. The number of anilines is 1. The molecule has 90 valence electrons. The summed E-state index contributed by atoms with van der Waals surface area (Å²) in [6, 6.07) is 5.49. The van der Waals surface area contributed by atoms with Crippen LogP contribution in [0.2, 0.25) is 0 Å². The second-order valence-electron chi connectivity index (χ2n) is 3.88. The van der Waals surface area contributed by atoms with Gasteiger partial charge in [0.05, 0.1) is 12.2 Å². The SMILES string of the molecule is Cc1ccc(CN(C)C(=O)c2sccc2N)o1. The average Bonchev–Trinajstić information content (AvgIpc) is 2.86. The number of amides is 1. The number of hydrogen-bond acceptors (Lipinski definition) is 4. The van der Waals surface area contributed by atoms with Gasteiger partial charge >= 0.3 is 0 Å². The molecule has 0 spiro atoms. The van der Waals surface area contributed by atoms with E-state index in [0.29, 0.717) is 17.1 Å². The zero-order valence-corrected chi connectivity index (χ0v) is 10.6. The fourth-order valence-electron chi connectivity index (χ4n) is 1.54. The van der Waals surface area contributed by atoms with Crippen LogP contribution in [0.4, 0.5) is 5.69 Å². The molecular formula is C12H14N2O2S. The van der Waals surface area contributed by atoms with Crippen molar-refractivity contribution >= 4 is 22.9 Å². The highest BCUT2D eigenvalue weighted by molar-refractivity contribution is 7.12. The number of nitrogens with zero attached hydrogens (tertiary/aromatic N) is 1. The summed E-state index contributed by atoms with van der Waals surface area (Å²) in [5.74, 6) is 1.54. The largest absolute Gasteiger partial charge is 0.464 e. The summed E-state index contributed by atoms with van der Waals surface area (Å²) < 4.78 is 5.43. The third-order valence-corrected chi connectivity index (χ3v) is 3.34. The zero-order chi connectivity index (χ0) is 12.4. The van der Waals surface area contributed by atoms with Crippen molar-refractivity contribution < 1.29 is 9.21 Å². The van der Waals surface area contributed by atoms with E-state index in [9.17, 15) is 4.79 Å². The molecule has 0 unspecified atom stereocenters. The molecule has 0 aliphatic heterocycles. The number of rotatable bonds is 3. The highest BCUT2D eigenvalue weighted by Crippen LogP contribution is 2.21. The van der Waals surface area contributed by atoms with Crippen molar-refractivity contribution in [1.82, 2.24) is 4.90 Å². The number of thiophene rings is 1. The van der Waals surface area contributed by atoms with Crippen molar-refractivity contribution in [2.24, 2.45) is 0 Å². The topological polar surface area (TPSA) is 59.5 Å². The molecule has 2 N–H and O–H groups in total. The van der Waals surface area contributed by atoms with Gasteiger partial charge in [0, 0.05) is 7.05 Å². The highest BCUT2D eigenvalue weighted by atomic mass is 32.1. The van der Waals surface area contributed by atoms with Gasteiger partial charge in [-0.05, 0) is 30.5 Å². The van der Waals surface area contributed by atoms with Gasteiger partial charge in [0.1, 0.15) is 16.4 Å². The third kappa shape index (κ3) is 2.50. The van der Waals surface area contributed by atoms with Crippen LogP contribution in [-0.4, -0.2) is 17.9 Å². The van der Waals surface area contributed by atoms with E-state index in [1.807, 2.05) is 24.4 Å². The maximum atomic E-state index is 12.1. The monoisotopic (exact) mass is 250 g/mol. The van der Waals surface area contributed by atoms with Crippen LogP contribution < -0.4 is 5.73 Å². The molecule has 0 atom stereocenters. The minimum absolute atomic E-state index is 0.0773. The Bertz CT molecular complexity index is 530. The van der Waals surface area contributed by atoms with Crippen molar-refractivity contribution in [3.8, 4) is 0 Å². The van der Waals surface area contributed by atoms with Crippen LogP contribution in [0.3, 0.4) is 0 Å². The molecule has 0 saturated carbocycles. The van der Waals surface area contributed by atoms with Gasteiger partial charge in [0.2, 0.25) is 0 Å². The van der Waals surface area contributed by atoms with E-state index >= 15 is 0 Å². The lowest BCUT2D eigenvalue weighted by atomic mass is 10.3. The van der Waals surface area contributed by atoms with Gasteiger partial charge in [0.15, 0.2) is 0 Å². The molecule has 2 heterocycles. The molecule has 0 aliphatic carbocycles. The van der Waals surface area contributed by atoms with Gasteiger partial charge in [-0.3, -0.25) is 4.79 Å². The number of furan rings is 1. The van der Waals surface area contributed by atoms with Gasteiger partial charge < -0.3 is 15.1 Å². The van der Waals surface area contributed by atoms with Crippen molar-refractivity contribution in [3.63, 3.8) is 0 Å². The van der Waals surface area contributed by atoms with Crippen LogP contribution in [0.1, 0.15) is 21.2 Å². The van der Waals surface area contributed by atoms with Crippen LogP contribution >= 0.6 is 11.3 Å². The molecule has 0 aromatic carbocycles. The second-order valence-corrected chi connectivity index (χ2v) is 4.79. The van der Waals surface area contributed by atoms with E-state index in [1.54, 1.807) is 18.0 Å². The summed E-state index contributed by atoms with van der Waals surface area (Å²) >= 11 is 1.35. The van der Waals surface area contributed by atoms with Crippen LogP contribution in [0.5, 0.6) is 0 Å². The summed E-state index contributed by atoms with van der Waals surface area (Å²) in [5, 5.41) is 1.81. The highest BCUT2D eigenvalue weighted by Gasteiger charge is 2.17. The lowest BCUT2D eigenvalue weighted by molar-refractivity contribution is 0.0780. The van der Waals surface area contributed by atoms with Crippen molar-refractivity contribution in [1.29, 1.82) is 0 Å². The molecule has 0 fully saturated rings. The number of aryl methyl sites for hydroxylation is 1. The predicted molar refractivity (Wildman–Crippen MR) is 68.0 cm³/mol. The number of carbonyl (C=O) groups excluding carboxylic acids is 1. The Balaban J connectivity index is 2.08. The van der Waals surface area contributed by atoms with Gasteiger partial charge in [-0.2, -0.15) is 0 Å². The molecule has 0 bridgehead atoms. The Kier molecular flexibility index (Phi) is 3.19. The van der Waals surface area contributed by atoms with E-state index in [1.165, 1.54) is 11.3 Å². The first-order valence-electron chi connectivity index (χ1n) is 5.21. The molecule has 1 amide bonds. The van der Waals surface area contributed by atoms with E-state index in [0.717, 1.165) is 11.5 Å². The summed E-state index contributed by atoms with van der Waals surface area (Å²) in [6.07, 6.45) is 0. The fourth-order valence-corrected chi connectivity index (χ4v) is 2.35. The van der Waals surface area contributed by atoms with Crippen molar-refractivity contribution in [2.75, 3.05) is 12.8 Å². The van der Waals surface area contributed by atoms with E-state index < -0.39 is 0 Å². The standard InChI is InChI=1S/C12H14N2O2S/c1-8-3-4-9(16-8)7-14(2)12(15)11-10(13)5-6-17-11/h3-6H,7,13H2,1-2H3. The molecule has 0 saturated heterocycles. The predicted octanol–water partition coefficient (Wildman–Crippen LogP) is 2.50. The maximum Gasteiger partial charge on any atom is 0.266 e. The summed E-state index contributed by atoms with van der Waals surface area (Å²) in [7, 11) is 1.74. The molecule has 2 aromatic heterocycles. The Labute approximate surface area is 104 Å². The molecule has 4 nitrogen and oxygen atoms in total. The summed E-state index contributed by atoms with van der Waals surface area (Å²) in [6.45, 7) is 2.33. The Morgan fingerprint density at radius 2 is 2.24 bits per heavy atom. The average molecular weight is 250 g/mol. The molecule has 2 aromatic rings. The summed E-state index contributed by atoms with van der Waals surface area (Å²) in [5.41, 5.74) is 6.25. The van der Waals surface area contributed by atoms with E-state index in [4.69, 9.17) is 10.2 Å². The smallest absolute Gasteiger partial charge is 0.266 e. The first-order valence-corrected chi connectivity index (χ1v) is 6.09. The minimum atomic E-state index is -0.0773. The lowest BCUT2D eigenvalue weighted by Crippen LogP contribution is -2.25. The van der Waals surface area contributed by atoms with Crippen LogP contribution in [-0.2, 0) is 6.54 Å². The number of carbonyl (C=O) groups is 1. The lowest BCUT2D eigenvalue weighted by Gasteiger charge is -2.15. The second kappa shape index (κ2) is 4.63. The van der Waals surface area contributed by atoms with E-state index in [-0.39, 0.29) is 5.91 Å².